The lowest BCUT2D eigenvalue weighted by atomic mass is 10.2. The summed E-state index contributed by atoms with van der Waals surface area (Å²) in [5.74, 6) is 1.36. The van der Waals surface area contributed by atoms with E-state index in [-0.39, 0.29) is 0 Å². The molecule has 76 valence electrons. The molecule has 3 heteroatoms. The Balaban J connectivity index is 2.03. The molecule has 0 bridgehead atoms. The molecule has 1 aliphatic rings. The highest BCUT2D eigenvalue weighted by atomic mass is 35.5. The lowest BCUT2D eigenvalue weighted by molar-refractivity contribution is 0.486. The third-order valence-electron chi connectivity index (χ3n) is 2.54. The van der Waals surface area contributed by atoms with E-state index < -0.39 is 0 Å². The minimum Gasteiger partial charge on any atom is -0.122 e. The van der Waals surface area contributed by atoms with Crippen molar-refractivity contribution in [3.8, 4) is 0 Å². The fraction of sp³-hybridized carbons (Fsp3) is 0.455. The molecule has 0 N–H and O–H groups in total. The van der Waals surface area contributed by atoms with E-state index in [1.165, 1.54) is 24.3 Å². The summed E-state index contributed by atoms with van der Waals surface area (Å²) in [5.41, 5.74) is 1.33. The van der Waals surface area contributed by atoms with E-state index in [2.05, 4.69) is 22.7 Å². The first-order chi connectivity index (χ1) is 6.75. The van der Waals surface area contributed by atoms with Crippen molar-refractivity contribution in [2.45, 2.75) is 13.0 Å². The van der Waals surface area contributed by atoms with Crippen LogP contribution in [0.3, 0.4) is 0 Å². The number of rotatable bonds is 2. The SMILES string of the molecule is C[S+]1CCCN1Cc1cccc(Cl)c1. The smallest absolute Gasteiger partial charge is 0.122 e. The van der Waals surface area contributed by atoms with Gasteiger partial charge in [0, 0.05) is 18.0 Å². The molecule has 14 heavy (non-hydrogen) atoms. The lowest BCUT2D eigenvalue weighted by Crippen LogP contribution is -2.24. The van der Waals surface area contributed by atoms with E-state index >= 15 is 0 Å². The van der Waals surface area contributed by atoms with Crippen molar-refractivity contribution in [3.63, 3.8) is 0 Å². The van der Waals surface area contributed by atoms with Gasteiger partial charge in [-0.3, -0.25) is 0 Å². The topological polar surface area (TPSA) is 3.24 Å². The second-order valence-electron chi connectivity index (χ2n) is 3.65. The van der Waals surface area contributed by atoms with Crippen LogP contribution >= 0.6 is 11.6 Å². The first-order valence-electron chi connectivity index (χ1n) is 4.88. The van der Waals surface area contributed by atoms with Gasteiger partial charge in [0.05, 0.1) is 17.6 Å². The van der Waals surface area contributed by atoms with Crippen molar-refractivity contribution >= 4 is 22.7 Å². The molecular weight excluding hydrogens is 214 g/mol. The summed E-state index contributed by atoms with van der Waals surface area (Å²) in [6.07, 6.45) is 3.68. The molecule has 1 unspecified atom stereocenters. The van der Waals surface area contributed by atoms with Crippen molar-refractivity contribution in [3.05, 3.63) is 34.9 Å². The third kappa shape index (κ3) is 2.44. The van der Waals surface area contributed by atoms with Gasteiger partial charge in [0.1, 0.15) is 12.0 Å². The van der Waals surface area contributed by atoms with Gasteiger partial charge in [-0.05, 0) is 17.7 Å². The molecule has 1 atom stereocenters. The molecule has 1 aromatic carbocycles. The van der Waals surface area contributed by atoms with Gasteiger partial charge in [0.25, 0.3) is 0 Å². The Labute approximate surface area is 93.5 Å². The van der Waals surface area contributed by atoms with Crippen LogP contribution in [0, 0.1) is 0 Å². The van der Waals surface area contributed by atoms with E-state index in [0.29, 0.717) is 11.1 Å². The zero-order valence-electron chi connectivity index (χ0n) is 8.37. The molecule has 1 aromatic rings. The zero-order valence-corrected chi connectivity index (χ0v) is 9.94. The zero-order chi connectivity index (χ0) is 9.97. The first-order valence-corrected chi connectivity index (χ1v) is 7.01. The van der Waals surface area contributed by atoms with Crippen molar-refractivity contribution in [1.29, 1.82) is 0 Å². The van der Waals surface area contributed by atoms with Gasteiger partial charge >= 0.3 is 0 Å². The Kier molecular flexibility index (Phi) is 3.37. The van der Waals surface area contributed by atoms with E-state index in [0.717, 1.165) is 11.6 Å². The van der Waals surface area contributed by atoms with Crippen LogP contribution in [0.5, 0.6) is 0 Å². The van der Waals surface area contributed by atoms with E-state index in [1.54, 1.807) is 0 Å². The van der Waals surface area contributed by atoms with Crippen LogP contribution in [0.4, 0.5) is 0 Å². The highest BCUT2D eigenvalue weighted by molar-refractivity contribution is 7.94. The van der Waals surface area contributed by atoms with Crippen molar-refractivity contribution in [2.75, 3.05) is 18.6 Å². The Morgan fingerprint density at radius 2 is 2.36 bits per heavy atom. The predicted octanol–water partition coefficient (Wildman–Crippen LogP) is 2.71. The summed E-state index contributed by atoms with van der Waals surface area (Å²) in [7, 11) is 0. The Bertz CT molecular complexity index is 316. The quantitative estimate of drug-likeness (QED) is 0.704. The largest absolute Gasteiger partial charge is 0.128 e. The van der Waals surface area contributed by atoms with Gasteiger partial charge in [-0.25, -0.2) is 0 Å². The Morgan fingerprint density at radius 3 is 3.00 bits per heavy atom. The van der Waals surface area contributed by atoms with Crippen LogP contribution in [0.15, 0.2) is 24.3 Å². The maximum absolute atomic E-state index is 5.95. The molecule has 0 radical (unpaired) electrons. The minimum atomic E-state index is 0.473. The number of nitrogens with zero attached hydrogens (tertiary/aromatic N) is 1. The average Bonchev–Trinajstić information content (AvgIpc) is 2.52. The lowest BCUT2D eigenvalue weighted by Gasteiger charge is -2.11. The number of halogens is 1. The van der Waals surface area contributed by atoms with Crippen molar-refractivity contribution < 1.29 is 0 Å². The predicted molar refractivity (Wildman–Crippen MR) is 64.6 cm³/mol. The summed E-state index contributed by atoms with van der Waals surface area (Å²) < 4.78 is 2.55. The minimum absolute atomic E-state index is 0.473. The molecule has 0 aromatic heterocycles. The molecule has 0 saturated carbocycles. The second kappa shape index (κ2) is 4.56. The molecule has 2 rings (SSSR count). The van der Waals surface area contributed by atoms with E-state index in [4.69, 9.17) is 11.6 Å². The molecule has 1 saturated heterocycles. The van der Waals surface area contributed by atoms with Gasteiger partial charge in [0.2, 0.25) is 0 Å². The third-order valence-corrected chi connectivity index (χ3v) is 4.84. The monoisotopic (exact) mass is 228 g/mol. The van der Waals surface area contributed by atoms with Crippen molar-refractivity contribution in [1.82, 2.24) is 4.31 Å². The highest BCUT2D eigenvalue weighted by Gasteiger charge is 2.29. The van der Waals surface area contributed by atoms with Gasteiger partial charge in [-0.15, -0.1) is 4.31 Å². The summed E-state index contributed by atoms with van der Waals surface area (Å²) in [6.45, 7) is 2.30. The van der Waals surface area contributed by atoms with Crippen LogP contribution in [-0.4, -0.2) is 22.9 Å². The number of hydrogen-bond donors (Lipinski definition) is 0. The first kappa shape index (κ1) is 10.3. The van der Waals surface area contributed by atoms with E-state index in [1.807, 2.05) is 12.1 Å². The Hall–Kier alpha value is -0.180. The number of benzene rings is 1. The maximum atomic E-state index is 5.95. The van der Waals surface area contributed by atoms with E-state index in [9.17, 15) is 0 Å². The molecule has 0 spiro atoms. The molecule has 1 nitrogen and oxygen atoms in total. The highest BCUT2D eigenvalue weighted by Crippen LogP contribution is 2.19. The maximum Gasteiger partial charge on any atom is 0.128 e. The Morgan fingerprint density at radius 1 is 1.50 bits per heavy atom. The molecule has 0 aliphatic carbocycles. The van der Waals surface area contributed by atoms with Gasteiger partial charge in [0.15, 0.2) is 0 Å². The van der Waals surface area contributed by atoms with Gasteiger partial charge in [-0.2, -0.15) is 0 Å². The number of hydrogen-bond acceptors (Lipinski definition) is 1. The standard InChI is InChI=1S/C11H15ClNS/c1-14-7-3-6-13(14)9-10-4-2-5-11(12)8-10/h2,4-5,8H,3,6-7,9H2,1H3/q+1. The summed E-state index contributed by atoms with van der Waals surface area (Å²) in [5, 5.41) is 0.845. The van der Waals surface area contributed by atoms with Crippen molar-refractivity contribution in [2.24, 2.45) is 0 Å². The van der Waals surface area contributed by atoms with Crippen LogP contribution in [0.1, 0.15) is 12.0 Å². The summed E-state index contributed by atoms with van der Waals surface area (Å²) >= 11 is 6.42. The second-order valence-corrected chi connectivity index (χ2v) is 6.21. The fourth-order valence-electron chi connectivity index (χ4n) is 1.76. The molecule has 1 heterocycles. The molecule has 1 aliphatic heterocycles. The summed E-state index contributed by atoms with van der Waals surface area (Å²) in [6, 6.07) is 8.18. The summed E-state index contributed by atoms with van der Waals surface area (Å²) in [4.78, 5) is 0. The van der Waals surface area contributed by atoms with Crippen LogP contribution in [-0.2, 0) is 17.6 Å². The van der Waals surface area contributed by atoms with Crippen LogP contribution in [0.2, 0.25) is 5.02 Å². The molecular formula is C11H15ClNS+. The van der Waals surface area contributed by atoms with Gasteiger partial charge in [-0.1, -0.05) is 23.7 Å². The normalized spacial score (nSPS) is 22.9. The van der Waals surface area contributed by atoms with Crippen LogP contribution < -0.4 is 0 Å². The van der Waals surface area contributed by atoms with Gasteiger partial charge < -0.3 is 0 Å². The molecule has 0 amide bonds. The average molecular weight is 229 g/mol. The van der Waals surface area contributed by atoms with Crippen LogP contribution in [0.25, 0.3) is 0 Å². The molecule has 1 fully saturated rings. The fourth-order valence-corrected chi connectivity index (χ4v) is 3.59.